The highest BCUT2D eigenvalue weighted by atomic mass is 35.5. The molecule has 2 aromatic heterocycles. The number of carbonyl (C=O) groups is 1. The van der Waals surface area contributed by atoms with Gasteiger partial charge in [0.15, 0.2) is 0 Å². The molecule has 0 aliphatic heterocycles. The molecule has 3 rings (SSSR count). The quantitative estimate of drug-likeness (QED) is 0.362. The molecule has 14 heteroatoms. The zero-order chi connectivity index (χ0) is 27.5. The number of halogens is 2. The molecular formula is C23H28ClFN6O4S2. The molecule has 3 N–H and O–H groups in total. The van der Waals surface area contributed by atoms with E-state index in [1.165, 1.54) is 25.5 Å². The summed E-state index contributed by atoms with van der Waals surface area (Å²) in [7, 11) is -1.53. The number of nitrogens with one attached hydrogen (secondary N) is 3. The van der Waals surface area contributed by atoms with Crippen LogP contribution in [0, 0.1) is 5.82 Å². The number of rotatable bonds is 8. The summed E-state index contributed by atoms with van der Waals surface area (Å²) in [4.78, 5) is 25.1. The molecule has 0 spiro atoms. The summed E-state index contributed by atoms with van der Waals surface area (Å²) < 4.78 is 46.4. The molecule has 10 nitrogen and oxygen atoms in total. The highest BCUT2D eigenvalue weighted by Crippen LogP contribution is 2.43. The maximum atomic E-state index is 14.6. The number of alkyl carbamates (subject to hydrolysis) is 1. The molecule has 2 heterocycles. The van der Waals surface area contributed by atoms with Crippen LogP contribution in [0.5, 0.6) is 0 Å². The number of aromatic nitrogens is 3. The third kappa shape index (κ3) is 6.72. The van der Waals surface area contributed by atoms with Crippen LogP contribution in [0.2, 0.25) is 5.02 Å². The number of benzene rings is 1. The van der Waals surface area contributed by atoms with Crippen LogP contribution in [0.3, 0.4) is 0 Å². The van der Waals surface area contributed by atoms with E-state index < -0.39 is 21.9 Å². The second-order valence-electron chi connectivity index (χ2n) is 9.10. The Morgan fingerprint density at radius 1 is 1.27 bits per heavy atom. The van der Waals surface area contributed by atoms with Crippen LogP contribution in [0.25, 0.3) is 21.8 Å². The zero-order valence-corrected chi connectivity index (χ0v) is 23.5. The van der Waals surface area contributed by atoms with E-state index in [2.05, 4.69) is 30.1 Å². The van der Waals surface area contributed by atoms with E-state index in [0.717, 1.165) is 17.1 Å². The van der Waals surface area contributed by atoms with Gasteiger partial charge in [0.1, 0.15) is 10.7 Å². The summed E-state index contributed by atoms with van der Waals surface area (Å²) in [5.74, 6) is -0.488. The summed E-state index contributed by atoms with van der Waals surface area (Å²) in [6, 6.07) is 3.42. The third-order valence-corrected chi connectivity index (χ3v) is 8.55. The summed E-state index contributed by atoms with van der Waals surface area (Å²) >= 11 is 7.86. The first-order valence-corrected chi connectivity index (χ1v) is 13.8. The summed E-state index contributed by atoms with van der Waals surface area (Å²) in [6.07, 6.45) is 0.993. The van der Waals surface area contributed by atoms with Crippen LogP contribution >= 0.6 is 22.9 Å². The lowest BCUT2D eigenvalue weighted by atomic mass is 9.98. The highest BCUT2D eigenvalue weighted by Gasteiger charge is 2.28. The van der Waals surface area contributed by atoms with Gasteiger partial charge in [-0.15, -0.1) is 11.3 Å². The van der Waals surface area contributed by atoms with Crippen molar-refractivity contribution in [2.75, 3.05) is 26.0 Å². The lowest BCUT2D eigenvalue weighted by Gasteiger charge is -2.14. The van der Waals surface area contributed by atoms with Crippen LogP contribution in [0.1, 0.15) is 32.7 Å². The molecular weight excluding hydrogens is 543 g/mol. The average Bonchev–Trinajstić information content (AvgIpc) is 3.30. The number of hydrogen-bond acceptors (Lipinski definition) is 9. The second kappa shape index (κ2) is 11.3. The van der Waals surface area contributed by atoms with Crippen LogP contribution in [-0.2, 0) is 20.2 Å². The first-order valence-electron chi connectivity index (χ1n) is 11.1. The molecule has 1 atom stereocenters. The Morgan fingerprint density at radius 2 is 1.97 bits per heavy atom. The van der Waals surface area contributed by atoms with Gasteiger partial charge in [0.25, 0.3) is 0 Å². The molecule has 1 aromatic carbocycles. The number of hydrogen-bond donors (Lipinski definition) is 3. The van der Waals surface area contributed by atoms with Crippen molar-refractivity contribution in [3.63, 3.8) is 0 Å². The molecule has 0 fully saturated rings. The molecule has 200 valence electrons. The van der Waals surface area contributed by atoms with Crippen molar-refractivity contribution in [2.45, 2.75) is 44.0 Å². The Bertz CT molecular complexity index is 1410. The number of sulfonamides is 1. The average molecular weight is 571 g/mol. The largest absolute Gasteiger partial charge is 0.453 e. The summed E-state index contributed by atoms with van der Waals surface area (Å²) in [6.45, 7) is 8.04. The predicted octanol–water partition coefficient (Wildman–Crippen LogP) is 4.42. The summed E-state index contributed by atoms with van der Waals surface area (Å²) in [5.41, 5.74) is 0.548. The maximum absolute atomic E-state index is 14.6. The summed E-state index contributed by atoms with van der Waals surface area (Å²) in [5, 5.41) is 6.26. The van der Waals surface area contributed by atoms with Gasteiger partial charge in [0, 0.05) is 29.8 Å². The fourth-order valence-electron chi connectivity index (χ4n) is 3.16. The van der Waals surface area contributed by atoms with Crippen molar-refractivity contribution in [3.05, 3.63) is 40.2 Å². The Labute approximate surface area is 224 Å². The minimum Gasteiger partial charge on any atom is -0.453 e. The van der Waals surface area contributed by atoms with E-state index in [4.69, 9.17) is 16.6 Å². The molecule has 0 radical (unpaired) electrons. The van der Waals surface area contributed by atoms with Crippen molar-refractivity contribution in [2.24, 2.45) is 0 Å². The van der Waals surface area contributed by atoms with Gasteiger partial charge in [0.05, 0.1) is 33.4 Å². The van der Waals surface area contributed by atoms with E-state index in [-0.39, 0.29) is 32.9 Å². The number of thiazole rings is 1. The Hall–Kier alpha value is -2.87. The van der Waals surface area contributed by atoms with Crippen molar-refractivity contribution >= 4 is 45.0 Å². The monoisotopic (exact) mass is 570 g/mol. The van der Waals surface area contributed by atoms with E-state index in [0.29, 0.717) is 22.8 Å². The SMILES string of the molecule is CNS(=O)(=O)c1cc(F)cc(-c2nc(C(C)(C)C)sc2-c2ccnc(NC[C@H](C)NC(=O)OC)n2)c1Cl. The minimum atomic E-state index is -4.03. The van der Waals surface area contributed by atoms with E-state index in [1.807, 2.05) is 20.8 Å². The van der Waals surface area contributed by atoms with Crippen molar-refractivity contribution in [1.29, 1.82) is 0 Å². The van der Waals surface area contributed by atoms with Crippen LogP contribution < -0.4 is 15.4 Å². The molecule has 0 saturated heterocycles. The number of amides is 1. The Morgan fingerprint density at radius 3 is 2.59 bits per heavy atom. The van der Waals surface area contributed by atoms with Crippen molar-refractivity contribution in [1.82, 2.24) is 25.0 Å². The molecule has 1 amide bonds. The first kappa shape index (κ1) is 28.7. The van der Waals surface area contributed by atoms with Gasteiger partial charge in [-0.25, -0.2) is 37.3 Å². The molecule has 3 aromatic rings. The van der Waals surface area contributed by atoms with Gasteiger partial charge < -0.3 is 15.4 Å². The third-order valence-electron chi connectivity index (χ3n) is 5.09. The lowest BCUT2D eigenvalue weighted by molar-refractivity contribution is 0.168. The Kier molecular flexibility index (Phi) is 8.73. The van der Waals surface area contributed by atoms with Gasteiger partial charge in [0.2, 0.25) is 16.0 Å². The van der Waals surface area contributed by atoms with Gasteiger partial charge in [-0.05, 0) is 32.2 Å². The van der Waals surface area contributed by atoms with Gasteiger partial charge in [-0.3, -0.25) is 0 Å². The fourth-order valence-corrected chi connectivity index (χ4v) is 5.61. The second-order valence-corrected chi connectivity index (χ2v) is 12.3. The van der Waals surface area contributed by atoms with Crippen molar-refractivity contribution in [3.8, 4) is 21.8 Å². The maximum Gasteiger partial charge on any atom is 0.407 e. The van der Waals surface area contributed by atoms with Crippen LogP contribution in [-0.4, -0.2) is 56.2 Å². The van der Waals surface area contributed by atoms with Gasteiger partial charge in [-0.2, -0.15) is 0 Å². The van der Waals surface area contributed by atoms with Crippen LogP contribution in [0.4, 0.5) is 15.1 Å². The van der Waals surface area contributed by atoms with E-state index in [1.54, 1.807) is 19.2 Å². The normalized spacial score (nSPS) is 12.8. The molecule has 0 aliphatic carbocycles. The highest BCUT2D eigenvalue weighted by molar-refractivity contribution is 7.89. The number of nitrogens with zero attached hydrogens (tertiary/aromatic N) is 3. The molecule has 0 aliphatic rings. The fraction of sp³-hybridized carbons (Fsp3) is 0.391. The molecule has 0 bridgehead atoms. The van der Waals surface area contributed by atoms with Gasteiger partial charge in [-0.1, -0.05) is 32.4 Å². The van der Waals surface area contributed by atoms with E-state index in [9.17, 15) is 17.6 Å². The minimum absolute atomic E-state index is 0.126. The van der Waals surface area contributed by atoms with Crippen molar-refractivity contribution < 1.29 is 22.3 Å². The topological polar surface area (TPSA) is 135 Å². The lowest BCUT2D eigenvalue weighted by Crippen LogP contribution is -2.37. The predicted molar refractivity (Wildman–Crippen MR) is 142 cm³/mol. The number of carbonyl (C=O) groups excluding carboxylic acids is 1. The molecule has 37 heavy (non-hydrogen) atoms. The zero-order valence-electron chi connectivity index (χ0n) is 21.1. The number of ether oxygens (including phenoxy) is 1. The van der Waals surface area contributed by atoms with E-state index >= 15 is 0 Å². The number of anilines is 1. The smallest absolute Gasteiger partial charge is 0.407 e. The number of methoxy groups -OCH3 is 1. The molecule has 0 unspecified atom stereocenters. The standard InChI is InChI=1S/C23H28ClFN6O4S2/c1-12(29-22(32)35-6)11-28-21-27-8-7-15(30-21)19-18(31-20(36-19)23(2,3)4)14-9-13(25)10-16(17(14)24)37(33,34)26-5/h7-10,12,26H,11H2,1-6H3,(H,29,32)(H,27,28,30)/t12-/m0/s1. The van der Waals surface area contributed by atoms with Crippen LogP contribution in [0.15, 0.2) is 29.3 Å². The molecule has 0 saturated carbocycles. The Balaban J connectivity index is 2.10. The first-order chi connectivity index (χ1) is 17.3. The van der Waals surface area contributed by atoms with Gasteiger partial charge >= 0.3 is 6.09 Å².